The van der Waals surface area contributed by atoms with Crippen molar-refractivity contribution in [3.05, 3.63) is 224 Å². The van der Waals surface area contributed by atoms with E-state index in [1.54, 1.807) is 0 Å². The summed E-state index contributed by atoms with van der Waals surface area (Å²) in [7, 11) is 0. The summed E-state index contributed by atoms with van der Waals surface area (Å²) in [4.78, 5) is 14.8. The van der Waals surface area contributed by atoms with Gasteiger partial charge in [-0.25, -0.2) is 15.0 Å². The number of para-hydroxylation sites is 3. The zero-order valence-corrected chi connectivity index (χ0v) is 33.3. The Labute approximate surface area is 364 Å². The molecule has 3 heterocycles. The van der Waals surface area contributed by atoms with E-state index in [0.29, 0.717) is 11.6 Å². The van der Waals surface area contributed by atoms with Crippen LogP contribution in [0.3, 0.4) is 0 Å². The molecule has 0 aliphatic carbocycles. The Kier molecular flexibility index (Phi) is 7.47. The van der Waals surface area contributed by atoms with E-state index in [-0.39, 0.29) is 41.2 Å². The Hall–Kier alpha value is -8.41. The molecule has 0 spiro atoms. The van der Waals surface area contributed by atoms with Crippen LogP contribution < -0.4 is 0 Å². The molecular weight excluding hydrogens is 755 g/mol. The van der Waals surface area contributed by atoms with Gasteiger partial charge in [0.05, 0.1) is 27.5 Å². The highest BCUT2D eigenvalue weighted by atomic mass is 15.0. The minimum Gasteiger partial charge on any atom is -0.309 e. The highest BCUT2D eigenvalue weighted by Crippen LogP contribution is 2.40. The summed E-state index contributed by atoms with van der Waals surface area (Å²) in [6, 6.07) is 66.1. The monoisotopic (exact) mass is 795 g/mol. The number of aromatic nitrogens is 5. The zero-order valence-electron chi connectivity index (χ0n) is 37.3. The third-order valence-corrected chi connectivity index (χ3v) is 11.7. The van der Waals surface area contributed by atoms with Crippen LogP contribution in [0.5, 0.6) is 0 Å². The number of hydrogen-bond donors (Lipinski definition) is 0. The summed E-state index contributed by atoms with van der Waals surface area (Å²) in [5.74, 6) is 0.750. The lowest BCUT2D eigenvalue weighted by atomic mass is 10.0. The number of nitrogens with zero attached hydrogens (tertiary/aromatic N) is 5. The first-order valence-electron chi connectivity index (χ1n) is 22.6. The Morgan fingerprint density at radius 3 is 1.13 bits per heavy atom. The third-order valence-electron chi connectivity index (χ3n) is 11.7. The molecule has 12 aromatic rings. The molecular formula is C57H37N5. The van der Waals surface area contributed by atoms with E-state index in [0.717, 1.165) is 82.7 Å². The molecule has 12 rings (SSSR count). The van der Waals surface area contributed by atoms with Crippen LogP contribution in [-0.4, -0.2) is 24.1 Å². The normalized spacial score (nSPS) is 12.5. The Morgan fingerprint density at radius 1 is 0.274 bits per heavy atom. The van der Waals surface area contributed by atoms with Crippen molar-refractivity contribution < 1.29 is 5.48 Å². The number of hydrogen-bond acceptors (Lipinski definition) is 3. The molecule has 62 heavy (non-hydrogen) atoms. The van der Waals surface area contributed by atoms with Gasteiger partial charge in [0.1, 0.15) is 0 Å². The van der Waals surface area contributed by atoms with Crippen molar-refractivity contribution in [3.63, 3.8) is 0 Å². The number of fused-ring (bicyclic) bond motifs is 6. The predicted molar refractivity (Wildman–Crippen MR) is 256 cm³/mol. The van der Waals surface area contributed by atoms with Crippen molar-refractivity contribution in [2.45, 2.75) is 0 Å². The van der Waals surface area contributed by atoms with Crippen molar-refractivity contribution in [1.29, 1.82) is 0 Å². The molecule has 0 atom stereocenters. The molecule has 0 bridgehead atoms. The standard InChI is InChI=1S/C57H37N5/c1-4-14-38(15-5-1)40-24-28-42(29-25-40)55-58-56(43-30-26-41(27-31-43)39-16-6-2-7-17-39)60-57(59-55)44-32-34-46(35-33-44)62-52-23-13-11-21-48(52)50-36-49-47-20-10-12-22-51(47)61(53(49)37-54(50)62)45-18-8-3-9-19-45/h1-37H/i32D,33D,34D,35D. The third kappa shape index (κ3) is 6.06. The molecule has 290 valence electrons. The second kappa shape index (κ2) is 14.7. The van der Waals surface area contributed by atoms with Crippen molar-refractivity contribution >= 4 is 43.6 Å². The Bertz CT molecular complexity index is 3700. The maximum atomic E-state index is 9.74. The van der Waals surface area contributed by atoms with Crippen LogP contribution in [0, 0.1) is 0 Å². The lowest BCUT2D eigenvalue weighted by Gasteiger charge is -2.12. The molecule has 0 saturated carbocycles. The van der Waals surface area contributed by atoms with E-state index in [1.165, 1.54) is 0 Å². The van der Waals surface area contributed by atoms with Crippen LogP contribution in [0.2, 0.25) is 0 Å². The molecule has 0 unspecified atom stereocenters. The SMILES string of the molecule is [2H]c1c([2H])c(-n2c3ccccc3c3cc4c5ccccc5n(-c5ccccc5)c4cc32)c([2H])c([2H])c1-c1nc(-c2ccc(-c3ccccc3)cc2)nc(-c2ccc(-c3ccccc3)cc2)n1. The fourth-order valence-electron chi connectivity index (χ4n) is 8.69. The van der Waals surface area contributed by atoms with Gasteiger partial charge in [-0.05, 0) is 82.8 Å². The fourth-order valence-corrected chi connectivity index (χ4v) is 8.69. The van der Waals surface area contributed by atoms with E-state index in [9.17, 15) is 5.48 Å². The second-order valence-corrected chi connectivity index (χ2v) is 15.3. The van der Waals surface area contributed by atoms with Crippen LogP contribution in [0.1, 0.15) is 5.48 Å². The van der Waals surface area contributed by atoms with E-state index in [1.807, 2.05) is 138 Å². The van der Waals surface area contributed by atoms with Gasteiger partial charge in [0.2, 0.25) is 0 Å². The Morgan fingerprint density at radius 2 is 0.645 bits per heavy atom. The van der Waals surface area contributed by atoms with Crippen molar-refractivity contribution in [2.24, 2.45) is 0 Å². The van der Waals surface area contributed by atoms with Crippen LogP contribution in [0.15, 0.2) is 224 Å². The molecule has 0 fully saturated rings. The molecule has 3 aromatic heterocycles. The largest absolute Gasteiger partial charge is 0.309 e. The van der Waals surface area contributed by atoms with Gasteiger partial charge in [-0.2, -0.15) is 0 Å². The van der Waals surface area contributed by atoms with Crippen molar-refractivity contribution in [2.75, 3.05) is 0 Å². The molecule has 5 heteroatoms. The molecule has 5 nitrogen and oxygen atoms in total. The molecule has 0 N–H and O–H groups in total. The fraction of sp³-hybridized carbons (Fsp3) is 0. The van der Waals surface area contributed by atoms with Gasteiger partial charge in [-0.3, -0.25) is 0 Å². The predicted octanol–water partition coefficient (Wildman–Crippen LogP) is 14.4. The maximum Gasteiger partial charge on any atom is 0.164 e. The van der Waals surface area contributed by atoms with Gasteiger partial charge in [0.15, 0.2) is 17.5 Å². The van der Waals surface area contributed by atoms with E-state index >= 15 is 0 Å². The molecule has 0 aliphatic heterocycles. The summed E-state index contributed by atoms with van der Waals surface area (Å²) >= 11 is 0. The highest BCUT2D eigenvalue weighted by molar-refractivity contribution is 6.19. The van der Waals surface area contributed by atoms with Crippen LogP contribution >= 0.6 is 0 Å². The van der Waals surface area contributed by atoms with Crippen molar-refractivity contribution in [3.8, 4) is 67.8 Å². The smallest absolute Gasteiger partial charge is 0.164 e. The second-order valence-electron chi connectivity index (χ2n) is 15.3. The van der Waals surface area contributed by atoms with Gasteiger partial charge in [-0.1, -0.05) is 164 Å². The van der Waals surface area contributed by atoms with Gasteiger partial charge >= 0.3 is 0 Å². The average molecular weight is 796 g/mol. The van der Waals surface area contributed by atoms with Gasteiger partial charge in [0.25, 0.3) is 0 Å². The van der Waals surface area contributed by atoms with Gasteiger partial charge in [0, 0.05) is 49.6 Å². The number of benzene rings is 9. The summed E-state index contributed by atoms with van der Waals surface area (Å²) in [6.45, 7) is 0. The maximum absolute atomic E-state index is 9.74. The molecule has 0 aliphatic rings. The van der Waals surface area contributed by atoms with Gasteiger partial charge < -0.3 is 9.13 Å². The lowest BCUT2D eigenvalue weighted by Crippen LogP contribution is -2.01. The highest BCUT2D eigenvalue weighted by Gasteiger charge is 2.19. The quantitative estimate of drug-likeness (QED) is 0.161. The minimum atomic E-state index is -0.252. The van der Waals surface area contributed by atoms with E-state index in [2.05, 4.69) is 71.3 Å². The topological polar surface area (TPSA) is 48.5 Å². The summed E-state index contributed by atoms with van der Waals surface area (Å²) in [5.41, 5.74) is 10.4. The average Bonchev–Trinajstić information content (AvgIpc) is 3.87. The molecule has 0 amide bonds. The van der Waals surface area contributed by atoms with E-state index in [4.69, 9.17) is 15.0 Å². The van der Waals surface area contributed by atoms with Gasteiger partial charge in [-0.15, -0.1) is 0 Å². The van der Waals surface area contributed by atoms with Crippen molar-refractivity contribution in [1.82, 2.24) is 24.1 Å². The number of rotatable bonds is 7. The minimum absolute atomic E-state index is 0.00665. The summed E-state index contributed by atoms with van der Waals surface area (Å²) < 4.78 is 42.9. The molecule has 0 saturated heterocycles. The molecule has 0 radical (unpaired) electrons. The van der Waals surface area contributed by atoms with Crippen LogP contribution in [0.25, 0.3) is 111 Å². The van der Waals surface area contributed by atoms with Crippen LogP contribution in [0.4, 0.5) is 0 Å². The van der Waals surface area contributed by atoms with Crippen LogP contribution in [-0.2, 0) is 0 Å². The first-order valence-corrected chi connectivity index (χ1v) is 20.6. The first-order chi connectivity index (χ1) is 32.4. The first kappa shape index (κ1) is 31.5. The zero-order chi connectivity index (χ0) is 44.5. The summed E-state index contributed by atoms with van der Waals surface area (Å²) in [5, 5.41) is 4.07. The lowest BCUT2D eigenvalue weighted by molar-refractivity contribution is 1.07. The van der Waals surface area contributed by atoms with E-state index < -0.39 is 0 Å². The Balaban J connectivity index is 1.06. The summed E-state index contributed by atoms with van der Waals surface area (Å²) in [6.07, 6.45) is 0. The molecule has 9 aromatic carbocycles.